The summed E-state index contributed by atoms with van der Waals surface area (Å²) in [5.74, 6) is 0.582. The number of carbonyl (C=O) groups is 1. The van der Waals surface area contributed by atoms with Crippen LogP contribution in [0.15, 0.2) is 23.6 Å². The first-order chi connectivity index (χ1) is 12.2. The van der Waals surface area contributed by atoms with E-state index in [-0.39, 0.29) is 24.4 Å². The zero-order valence-corrected chi connectivity index (χ0v) is 16.3. The zero-order chi connectivity index (χ0) is 17.6. The molecule has 0 saturated carbocycles. The monoisotopic (exact) mass is 397 g/mol. The highest BCUT2D eigenvalue weighted by Crippen LogP contribution is 2.22. The number of nitrogens with zero attached hydrogens (tertiary/aromatic N) is 1. The standard InChI is InChI=1S/C18H23N3O3S.ClH/c1-12-4-5-13(16(7-12)24-10-14-3-2-6-23-14)9-20-18(22)15-11-25-17(8-19)21-15;/h4-5,7,11,14H,2-3,6,8-10,19H2,1H3,(H,20,22);1H. The van der Waals surface area contributed by atoms with E-state index in [4.69, 9.17) is 15.2 Å². The number of hydrogen-bond donors (Lipinski definition) is 2. The molecular weight excluding hydrogens is 374 g/mol. The van der Waals surface area contributed by atoms with Crippen LogP contribution in [0.3, 0.4) is 0 Å². The van der Waals surface area contributed by atoms with Crippen LogP contribution in [0.25, 0.3) is 0 Å². The number of rotatable bonds is 7. The van der Waals surface area contributed by atoms with Gasteiger partial charge in [0.2, 0.25) is 0 Å². The van der Waals surface area contributed by atoms with Gasteiger partial charge in [-0.25, -0.2) is 4.98 Å². The predicted molar refractivity (Wildman–Crippen MR) is 104 cm³/mol. The molecule has 1 aliphatic rings. The van der Waals surface area contributed by atoms with Gasteiger partial charge in [-0.2, -0.15) is 0 Å². The van der Waals surface area contributed by atoms with Gasteiger partial charge in [0.25, 0.3) is 5.91 Å². The van der Waals surface area contributed by atoms with Gasteiger partial charge >= 0.3 is 0 Å². The first-order valence-corrected chi connectivity index (χ1v) is 9.30. The van der Waals surface area contributed by atoms with Crippen LogP contribution in [0.1, 0.15) is 39.5 Å². The molecule has 6 nitrogen and oxygen atoms in total. The van der Waals surface area contributed by atoms with Crippen molar-refractivity contribution in [1.29, 1.82) is 0 Å². The molecule has 0 spiro atoms. The lowest BCUT2D eigenvalue weighted by atomic mass is 10.1. The molecule has 26 heavy (non-hydrogen) atoms. The number of amides is 1. The molecule has 1 unspecified atom stereocenters. The largest absolute Gasteiger partial charge is 0.491 e. The maximum atomic E-state index is 12.2. The van der Waals surface area contributed by atoms with Crippen LogP contribution in [-0.2, 0) is 17.8 Å². The number of halogens is 1. The van der Waals surface area contributed by atoms with Crippen molar-refractivity contribution in [3.05, 3.63) is 45.4 Å². The van der Waals surface area contributed by atoms with Gasteiger partial charge in [0.1, 0.15) is 23.1 Å². The Morgan fingerprint density at radius 3 is 3.04 bits per heavy atom. The average molecular weight is 398 g/mol. The number of thiazole rings is 1. The fourth-order valence-corrected chi connectivity index (χ4v) is 3.33. The molecule has 0 bridgehead atoms. The molecule has 1 fully saturated rings. The second-order valence-corrected chi connectivity index (χ2v) is 7.01. The van der Waals surface area contributed by atoms with Gasteiger partial charge in [-0.3, -0.25) is 4.79 Å². The first kappa shape index (κ1) is 20.6. The van der Waals surface area contributed by atoms with Crippen LogP contribution in [0.5, 0.6) is 5.75 Å². The summed E-state index contributed by atoms with van der Waals surface area (Å²) in [6.07, 6.45) is 2.28. The zero-order valence-electron chi connectivity index (χ0n) is 14.7. The van der Waals surface area contributed by atoms with Crippen LogP contribution in [0.2, 0.25) is 0 Å². The molecule has 2 aromatic rings. The first-order valence-electron chi connectivity index (χ1n) is 8.42. The van der Waals surface area contributed by atoms with Crippen molar-refractivity contribution in [3.8, 4) is 5.75 Å². The van der Waals surface area contributed by atoms with Gasteiger partial charge in [0.15, 0.2) is 0 Å². The second kappa shape index (κ2) is 9.87. The Hall–Kier alpha value is -1.67. The van der Waals surface area contributed by atoms with Crippen LogP contribution in [0.4, 0.5) is 0 Å². The molecule has 3 rings (SSSR count). The van der Waals surface area contributed by atoms with Crippen molar-refractivity contribution in [2.75, 3.05) is 13.2 Å². The number of benzene rings is 1. The summed E-state index contributed by atoms with van der Waals surface area (Å²) in [4.78, 5) is 16.4. The van der Waals surface area contributed by atoms with E-state index < -0.39 is 0 Å². The second-order valence-electron chi connectivity index (χ2n) is 6.07. The van der Waals surface area contributed by atoms with Crippen LogP contribution < -0.4 is 15.8 Å². The van der Waals surface area contributed by atoms with Gasteiger partial charge in [-0.1, -0.05) is 12.1 Å². The third-order valence-electron chi connectivity index (χ3n) is 4.07. The van der Waals surface area contributed by atoms with Gasteiger partial charge < -0.3 is 20.5 Å². The Morgan fingerprint density at radius 2 is 2.35 bits per heavy atom. The number of hydrogen-bond acceptors (Lipinski definition) is 6. The van der Waals surface area contributed by atoms with E-state index in [1.54, 1.807) is 5.38 Å². The fraction of sp³-hybridized carbons (Fsp3) is 0.444. The number of aryl methyl sites for hydroxylation is 1. The molecule has 1 saturated heterocycles. The maximum Gasteiger partial charge on any atom is 0.271 e. The van der Waals surface area contributed by atoms with E-state index in [9.17, 15) is 4.79 Å². The van der Waals surface area contributed by atoms with Crippen molar-refractivity contribution < 1.29 is 14.3 Å². The van der Waals surface area contributed by atoms with E-state index in [0.29, 0.717) is 25.4 Å². The molecule has 8 heteroatoms. The third kappa shape index (κ3) is 5.41. The quantitative estimate of drug-likeness (QED) is 0.750. The molecule has 1 aromatic carbocycles. The molecule has 0 radical (unpaired) electrons. The van der Waals surface area contributed by atoms with E-state index >= 15 is 0 Å². The topological polar surface area (TPSA) is 86.5 Å². The summed E-state index contributed by atoms with van der Waals surface area (Å²) < 4.78 is 11.6. The SMILES string of the molecule is Cc1ccc(CNC(=O)c2csc(CN)n2)c(OCC2CCCO2)c1.Cl. The van der Waals surface area contributed by atoms with Gasteiger partial charge in [-0.05, 0) is 31.4 Å². The summed E-state index contributed by atoms with van der Waals surface area (Å²) in [5.41, 5.74) is 7.99. The smallest absolute Gasteiger partial charge is 0.271 e. The molecule has 2 heterocycles. The number of aromatic nitrogens is 1. The summed E-state index contributed by atoms with van der Waals surface area (Å²) in [6, 6.07) is 5.98. The summed E-state index contributed by atoms with van der Waals surface area (Å²) in [5, 5.41) is 5.37. The lowest BCUT2D eigenvalue weighted by molar-refractivity contribution is 0.0675. The fourth-order valence-electron chi connectivity index (χ4n) is 2.68. The van der Waals surface area contributed by atoms with E-state index in [1.807, 2.05) is 25.1 Å². The Labute approximate surface area is 163 Å². The van der Waals surface area contributed by atoms with Crippen LogP contribution in [0, 0.1) is 6.92 Å². The predicted octanol–water partition coefficient (Wildman–Crippen LogP) is 2.82. The highest BCUT2D eigenvalue weighted by Gasteiger charge is 2.17. The van der Waals surface area contributed by atoms with Gasteiger partial charge in [0.05, 0.1) is 6.10 Å². The highest BCUT2D eigenvalue weighted by atomic mass is 35.5. The van der Waals surface area contributed by atoms with Crippen LogP contribution >= 0.6 is 23.7 Å². The van der Waals surface area contributed by atoms with E-state index in [0.717, 1.165) is 41.3 Å². The summed E-state index contributed by atoms with van der Waals surface area (Å²) in [6.45, 7) is 4.09. The minimum Gasteiger partial charge on any atom is -0.491 e. The molecule has 1 amide bonds. The maximum absolute atomic E-state index is 12.2. The average Bonchev–Trinajstić information content (AvgIpc) is 3.30. The van der Waals surface area contributed by atoms with Gasteiger partial charge in [-0.15, -0.1) is 23.7 Å². The normalized spacial score (nSPS) is 16.2. The summed E-state index contributed by atoms with van der Waals surface area (Å²) >= 11 is 1.39. The molecule has 142 valence electrons. The number of nitrogens with two attached hydrogens (primary N) is 1. The Bertz CT molecular complexity index is 732. The molecule has 1 atom stereocenters. The number of carbonyl (C=O) groups excluding carboxylic acids is 1. The number of ether oxygens (including phenoxy) is 2. The van der Waals surface area contributed by atoms with Crippen molar-refractivity contribution in [1.82, 2.24) is 10.3 Å². The van der Waals surface area contributed by atoms with E-state index in [2.05, 4.69) is 10.3 Å². The van der Waals surface area contributed by atoms with Crippen molar-refractivity contribution >= 4 is 29.7 Å². The van der Waals surface area contributed by atoms with Crippen molar-refractivity contribution in [3.63, 3.8) is 0 Å². The Balaban J connectivity index is 0.00000243. The number of nitrogens with one attached hydrogen (secondary N) is 1. The lowest BCUT2D eigenvalue weighted by Gasteiger charge is -2.15. The Morgan fingerprint density at radius 1 is 1.50 bits per heavy atom. The Kier molecular flexibility index (Phi) is 7.84. The van der Waals surface area contributed by atoms with E-state index in [1.165, 1.54) is 11.3 Å². The van der Waals surface area contributed by atoms with Crippen LogP contribution in [-0.4, -0.2) is 30.2 Å². The molecule has 3 N–H and O–H groups in total. The lowest BCUT2D eigenvalue weighted by Crippen LogP contribution is -2.24. The molecule has 1 aliphatic heterocycles. The van der Waals surface area contributed by atoms with Crippen molar-refractivity contribution in [2.24, 2.45) is 5.73 Å². The van der Waals surface area contributed by atoms with Gasteiger partial charge in [0, 0.05) is 30.6 Å². The molecule has 1 aromatic heterocycles. The summed E-state index contributed by atoms with van der Waals surface area (Å²) in [7, 11) is 0. The molecule has 0 aliphatic carbocycles. The minimum atomic E-state index is -0.207. The minimum absolute atomic E-state index is 0. The van der Waals surface area contributed by atoms with Crippen molar-refractivity contribution in [2.45, 2.75) is 39.0 Å². The highest BCUT2D eigenvalue weighted by molar-refractivity contribution is 7.09. The third-order valence-corrected chi connectivity index (χ3v) is 4.94. The molecular formula is C18H24ClN3O3S.